The van der Waals surface area contributed by atoms with Gasteiger partial charge in [0.25, 0.3) is 0 Å². The molecule has 0 aliphatic carbocycles. The molecule has 2 aromatic carbocycles. The third kappa shape index (κ3) is 4.18. The highest BCUT2D eigenvalue weighted by Gasteiger charge is 2.25. The molecule has 0 radical (unpaired) electrons. The summed E-state index contributed by atoms with van der Waals surface area (Å²) in [6, 6.07) is 17.7. The summed E-state index contributed by atoms with van der Waals surface area (Å²) in [6.07, 6.45) is 0.964. The minimum Gasteiger partial charge on any atom is -0.326 e. The lowest BCUT2D eigenvalue weighted by Gasteiger charge is -2.22. The number of carbonyl (C=O) groups is 1. The van der Waals surface area contributed by atoms with E-state index in [9.17, 15) is 4.79 Å². The monoisotopic (exact) mass is 345 g/mol. The fraction of sp³-hybridized carbons (Fsp3) is 0.278. The highest BCUT2D eigenvalue weighted by molar-refractivity contribution is 9.10. The van der Waals surface area contributed by atoms with Crippen LogP contribution in [0.1, 0.15) is 31.7 Å². The number of rotatable bonds is 5. The van der Waals surface area contributed by atoms with Crippen molar-refractivity contribution in [1.29, 1.82) is 0 Å². The second kappa shape index (κ2) is 7.41. The van der Waals surface area contributed by atoms with Gasteiger partial charge in [-0.1, -0.05) is 72.6 Å². The number of amides is 1. The predicted octanol–water partition coefficient (Wildman–Crippen LogP) is 5.22. The van der Waals surface area contributed by atoms with Crippen LogP contribution in [-0.4, -0.2) is 5.91 Å². The molecule has 0 heterocycles. The van der Waals surface area contributed by atoms with Gasteiger partial charge in [-0.3, -0.25) is 4.79 Å². The van der Waals surface area contributed by atoms with E-state index in [0.29, 0.717) is 5.92 Å². The van der Waals surface area contributed by atoms with Crippen molar-refractivity contribution >= 4 is 27.5 Å². The molecule has 0 aliphatic heterocycles. The summed E-state index contributed by atoms with van der Waals surface area (Å²) in [4.78, 5) is 12.7. The first-order valence-corrected chi connectivity index (χ1v) is 8.02. The second-order valence-electron chi connectivity index (χ2n) is 5.27. The summed E-state index contributed by atoms with van der Waals surface area (Å²) in [7, 11) is 0. The Balaban J connectivity index is 2.23. The van der Waals surface area contributed by atoms with Crippen LogP contribution in [0, 0.1) is 5.92 Å². The van der Waals surface area contributed by atoms with Gasteiger partial charge in [0, 0.05) is 10.2 Å². The van der Waals surface area contributed by atoms with Crippen LogP contribution in [0.2, 0.25) is 0 Å². The van der Waals surface area contributed by atoms with Gasteiger partial charge in [-0.25, -0.2) is 0 Å². The topological polar surface area (TPSA) is 29.1 Å². The normalized spacial score (nSPS) is 13.5. The predicted molar refractivity (Wildman–Crippen MR) is 91.4 cm³/mol. The van der Waals surface area contributed by atoms with Gasteiger partial charge in [0.1, 0.15) is 0 Å². The van der Waals surface area contributed by atoms with Crippen LogP contribution in [0.25, 0.3) is 0 Å². The van der Waals surface area contributed by atoms with E-state index in [1.54, 1.807) is 0 Å². The maximum atomic E-state index is 12.7. The average molecular weight is 346 g/mol. The van der Waals surface area contributed by atoms with Crippen LogP contribution >= 0.6 is 15.9 Å². The molecule has 0 aromatic heterocycles. The van der Waals surface area contributed by atoms with E-state index in [2.05, 4.69) is 35.1 Å². The fourth-order valence-corrected chi connectivity index (χ4v) is 2.82. The number of anilines is 1. The van der Waals surface area contributed by atoms with Crippen molar-refractivity contribution in [1.82, 2.24) is 0 Å². The summed E-state index contributed by atoms with van der Waals surface area (Å²) >= 11 is 3.43. The standard InChI is InChI=1S/C18H20BrNO/c1-3-13(2)17(14-8-5-4-6-9-14)18(21)20-16-11-7-10-15(19)12-16/h4-13,17H,3H2,1-2H3,(H,20,21). The van der Waals surface area contributed by atoms with Crippen molar-refractivity contribution in [2.75, 3.05) is 5.32 Å². The summed E-state index contributed by atoms with van der Waals surface area (Å²) < 4.78 is 0.958. The van der Waals surface area contributed by atoms with Gasteiger partial charge in [-0.15, -0.1) is 0 Å². The van der Waals surface area contributed by atoms with E-state index in [1.807, 2.05) is 54.6 Å². The summed E-state index contributed by atoms with van der Waals surface area (Å²) in [5.41, 5.74) is 1.89. The number of hydrogen-bond acceptors (Lipinski definition) is 1. The van der Waals surface area contributed by atoms with Gasteiger partial charge >= 0.3 is 0 Å². The molecule has 0 saturated carbocycles. The lowest BCUT2D eigenvalue weighted by atomic mass is 9.85. The highest BCUT2D eigenvalue weighted by Crippen LogP contribution is 2.28. The molecule has 0 fully saturated rings. The molecular weight excluding hydrogens is 326 g/mol. The molecule has 21 heavy (non-hydrogen) atoms. The first kappa shape index (κ1) is 15.8. The largest absolute Gasteiger partial charge is 0.326 e. The zero-order valence-corrected chi connectivity index (χ0v) is 13.9. The molecule has 2 rings (SSSR count). The van der Waals surface area contributed by atoms with Crippen LogP contribution in [0.3, 0.4) is 0 Å². The highest BCUT2D eigenvalue weighted by atomic mass is 79.9. The van der Waals surface area contributed by atoms with Crippen LogP contribution in [0.15, 0.2) is 59.1 Å². The molecule has 0 aliphatic rings. The SMILES string of the molecule is CCC(C)C(C(=O)Nc1cccc(Br)c1)c1ccccc1. The Morgan fingerprint density at radius 1 is 1.14 bits per heavy atom. The maximum Gasteiger partial charge on any atom is 0.232 e. The van der Waals surface area contributed by atoms with Crippen molar-refractivity contribution in [3.05, 3.63) is 64.6 Å². The lowest BCUT2D eigenvalue weighted by molar-refractivity contribution is -0.118. The summed E-state index contributed by atoms with van der Waals surface area (Å²) in [5, 5.41) is 3.03. The molecule has 0 saturated heterocycles. The summed E-state index contributed by atoms with van der Waals surface area (Å²) in [5.74, 6) is 0.211. The Kier molecular flexibility index (Phi) is 5.57. The minimum atomic E-state index is -0.129. The van der Waals surface area contributed by atoms with Gasteiger partial charge in [-0.05, 0) is 29.7 Å². The Labute approximate surface area is 134 Å². The molecule has 0 bridgehead atoms. The molecule has 0 spiro atoms. The average Bonchev–Trinajstić information content (AvgIpc) is 2.48. The fourth-order valence-electron chi connectivity index (χ4n) is 2.42. The minimum absolute atomic E-state index is 0.0497. The van der Waals surface area contributed by atoms with E-state index in [-0.39, 0.29) is 11.8 Å². The van der Waals surface area contributed by atoms with Crippen molar-refractivity contribution in [2.24, 2.45) is 5.92 Å². The quantitative estimate of drug-likeness (QED) is 0.790. The van der Waals surface area contributed by atoms with Crippen molar-refractivity contribution in [2.45, 2.75) is 26.2 Å². The van der Waals surface area contributed by atoms with Crippen LogP contribution in [-0.2, 0) is 4.79 Å². The third-order valence-corrected chi connectivity index (χ3v) is 4.24. The van der Waals surface area contributed by atoms with E-state index >= 15 is 0 Å². The second-order valence-corrected chi connectivity index (χ2v) is 6.19. The number of hydrogen-bond donors (Lipinski definition) is 1. The maximum absolute atomic E-state index is 12.7. The van der Waals surface area contributed by atoms with Gasteiger partial charge in [-0.2, -0.15) is 0 Å². The Morgan fingerprint density at radius 2 is 1.86 bits per heavy atom. The number of benzene rings is 2. The van der Waals surface area contributed by atoms with E-state index in [1.165, 1.54) is 0 Å². The van der Waals surface area contributed by atoms with Crippen LogP contribution in [0.5, 0.6) is 0 Å². The zero-order valence-electron chi connectivity index (χ0n) is 12.3. The van der Waals surface area contributed by atoms with Crippen LogP contribution in [0.4, 0.5) is 5.69 Å². The smallest absolute Gasteiger partial charge is 0.232 e. The lowest BCUT2D eigenvalue weighted by Crippen LogP contribution is -2.26. The molecule has 2 nitrogen and oxygen atoms in total. The third-order valence-electron chi connectivity index (χ3n) is 3.75. The molecule has 1 amide bonds. The van der Waals surface area contributed by atoms with E-state index in [0.717, 1.165) is 22.1 Å². The van der Waals surface area contributed by atoms with Crippen molar-refractivity contribution < 1.29 is 4.79 Å². The van der Waals surface area contributed by atoms with Gasteiger partial charge in [0.15, 0.2) is 0 Å². The molecule has 2 aromatic rings. The Morgan fingerprint density at radius 3 is 2.48 bits per heavy atom. The molecular formula is C18H20BrNO. The Bertz CT molecular complexity index is 597. The molecule has 2 unspecified atom stereocenters. The zero-order chi connectivity index (χ0) is 15.2. The van der Waals surface area contributed by atoms with Gasteiger partial charge in [0.2, 0.25) is 5.91 Å². The van der Waals surface area contributed by atoms with Gasteiger partial charge in [0.05, 0.1) is 5.92 Å². The molecule has 110 valence electrons. The number of carbonyl (C=O) groups excluding carboxylic acids is 1. The molecule has 2 atom stereocenters. The van der Waals surface area contributed by atoms with E-state index in [4.69, 9.17) is 0 Å². The number of halogens is 1. The number of nitrogens with one attached hydrogen (secondary N) is 1. The first-order chi connectivity index (χ1) is 10.1. The Hall–Kier alpha value is -1.61. The summed E-state index contributed by atoms with van der Waals surface area (Å²) in [6.45, 7) is 4.24. The van der Waals surface area contributed by atoms with E-state index < -0.39 is 0 Å². The van der Waals surface area contributed by atoms with Crippen molar-refractivity contribution in [3.63, 3.8) is 0 Å². The van der Waals surface area contributed by atoms with Crippen LogP contribution < -0.4 is 5.32 Å². The van der Waals surface area contributed by atoms with Gasteiger partial charge < -0.3 is 5.32 Å². The molecule has 3 heteroatoms. The van der Waals surface area contributed by atoms with Crippen molar-refractivity contribution in [3.8, 4) is 0 Å². The molecule has 1 N–H and O–H groups in total. The first-order valence-electron chi connectivity index (χ1n) is 7.23.